The van der Waals surface area contributed by atoms with Crippen LogP contribution in [0.2, 0.25) is 0 Å². The summed E-state index contributed by atoms with van der Waals surface area (Å²) in [5.41, 5.74) is 1.30. The Bertz CT molecular complexity index is 1310. The van der Waals surface area contributed by atoms with Crippen molar-refractivity contribution in [3.05, 3.63) is 88.3 Å². The molecule has 0 saturated heterocycles. The number of methoxy groups -OCH3 is 2. The Morgan fingerprint density at radius 3 is 2.26 bits per heavy atom. The van der Waals surface area contributed by atoms with Crippen molar-refractivity contribution < 1.29 is 23.1 Å². The minimum Gasteiger partial charge on any atom is -0.496 e. The Hall–Kier alpha value is -4.13. The van der Waals surface area contributed by atoms with Gasteiger partial charge in [-0.05, 0) is 54.6 Å². The number of benzene rings is 3. The number of amides is 1. The minimum absolute atomic E-state index is 0.242. The Kier molecular flexibility index (Phi) is 5.41. The molecular formula is C24H18FNO5. The molecule has 1 N–H and O–H groups in total. The van der Waals surface area contributed by atoms with Gasteiger partial charge in [0.25, 0.3) is 5.91 Å². The third kappa shape index (κ3) is 3.98. The average molecular weight is 419 g/mol. The number of rotatable bonds is 5. The van der Waals surface area contributed by atoms with Crippen molar-refractivity contribution >= 4 is 22.6 Å². The van der Waals surface area contributed by atoms with E-state index in [1.165, 1.54) is 50.6 Å². The van der Waals surface area contributed by atoms with E-state index in [9.17, 15) is 14.0 Å². The van der Waals surface area contributed by atoms with Gasteiger partial charge in [0.2, 0.25) is 0 Å². The zero-order valence-corrected chi connectivity index (χ0v) is 16.8. The summed E-state index contributed by atoms with van der Waals surface area (Å²) in [7, 11) is 2.93. The quantitative estimate of drug-likeness (QED) is 0.499. The molecule has 0 aliphatic heterocycles. The van der Waals surface area contributed by atoms with Gasteiger partial charge in [-0.15, -0.1) is 0 Å². The molecule has 4 rings (SSSR count). The molecule has 1 heterocycles. The summed E-state index contributed by atoms with van der Waals surface area (Å²) < 4.78 is 29.5. The first kappa shape index (κ1) is 20.2. The second-order valence-corrected chi connectivity index (χ2v) is 6.68. The van der Waals surface area contributed by atoms with E-state index >= 15 is 0 Å². The van der Waals surface area contributed by atoms with Crippen LogP contribution < -0.4 is 20.2 Å². The van der Waals surface area contributed by atoms with Gasteiger partial charge in [-0.2, -0.15) is 0 Å². The fraction of sp³-hybridized carbons (Fsp3) is 0.0833. The highest BCUT2D eigenvalue weighted by Crippen LogP contribution is 2.30. The highest BCUT2D eigenvalue weighted by molar-refractivity contribution is 6.08. The van der Waals surface area contributed by atoms with Gasteiger partial charge in [0.15, 0.2) is 5.43 Å². The lowest BCUT2D eigenvalue weighted by molar-refractivity contribution is 0.102. The maximum atomic E-state index is 13.2. The number of fused-ring (bicyclic) bond motifs is 1. The van der Waals surface area contributed by atoms with Crippen molar-refractivity contribution in [1.29, 1.82) is 0 Å². The summed E-state index contributed by atoms with van der Waals surface area (Å²) in [5.74, 6) is 0.232. The molecule has 156 valence electrons. The first-order valence-electron chi connectivity index (χ1n) is 9.36. The van der Waals surface area contributed by atoms with Gasteiger partial charge in [0.1, 0.15) is 34.2 Å². The number of nitrogens with one attached hydrogen (secondary N) is 1. The maximum absolute atomic E-state index is 13.2. The number of hydrogen-bond acceptors (Lipinski definition) is 5. The van der Waals surface area contributed by atoms with Crippen LogP contribution in [0.5, 0.6) is 11.5 Å². The number of halogens is 1. The van der Waals surface area contributed by atoms with Gasteiger partial charge in [-0.1, -0.05) is 6.07 Å². The Morgan fingerprint density at radius 2 is 1.61 bits per heavy atom. The number of carbonyl (C=O) groups is 1. The van der Waals surface area contributed by atoms with Crippen LogP contribution in [-0.2, 0) is 0 Å². The molecule has 6 nitrogen and oxygen atoms in total. The first-order chi connectivity index (χ1) is 15.0. The molecule has 31 heavy (non-hydrogen) atoms. The van der Waals surface area contributed by atoms with Crippen LogP contribution in [0.25, 0.3) is 22.3 Å². The predicted octanol–water partition coefficient (Wildman–Crippen LogP) is 4.87. The van der Waals surface area contributed by atoms with Crippen molar-refractivity contribution in [1.82, 2.24) is 0 Å². The SMILES string of the molecule is COc1cccc(OC)c1C(=O)Nc1ccc2oc(-c3ccc(F)cc3)cc(=O)c2c1. The molecule has 7 heteroatoms. The molecule has 0 unspecified atom stereocenters. The largest absolute Gasteiger partial charge is 0.496 e. The summed E-state index contributed by atoms with van der Waals surface area (Å²) in [6.45, 7) is 0. The minimum atomic E-state index is -0.444. The van der Waals surface area contributed by atoms with Crippen molar-refractivity contribution in [2.45, 2.75) is 0 Å². The lowest BCUT2D eigenvalue weighted by atomic mass is 10.1. The molecule has 0 bridgehead atoms. The molecular weight excluding hydrogens is 401 g/mol. The molecule has 0 radical (unpaired) electrons. The third-order valence-electron chi connectivity index (χ3n) is 4.77. The average Bonchev–Trinajstić information content (AvgIpc) is 2.79. The van der Waals surface area contributed by atoms with E-state index in [4.69, 9.17) is 13.9 Å². The van der Waals surface area contributed by atoms with Gasteiger partial charge in [-0.25, -0.2) is 4.39 Å². The summed E-state index contributed by atoms with van der Waals surface area (Å²) >= 11 is 0. The standard InChI is InChI=1S/C24H18FNO5/c1-29-20-4-3-5-21(30-2)23(20)24(28)26-16-10-11-19-17(12-16)18(27)13-22(31-19)14-6-8-15(25)9-7-14/h3-13H,1-2H3,(H,26,28). The molecule has 0 saturated carbocycles. The summed E-state index contributed by atoms with van der Waals surface area (Å²) in [4.78, 5) is 25.5. The molecule has 0 atom stereocenters. The highest BCUT2D eigenvalue weighted by atomic mass is 19.1. The second-order valence-electron chi connectivity index (χ2n) is 6.68. The van der Waals surface area contributed by atoms with Crippen molar-refractivity contribution in [2.24, 2.45) is 0 Å². The maximum Gasteiger partial charge on any atom is 0.263 e. The van der Waals surface area contributed by atoms with Crippen LogP contribution >= 0.6 is 0 Å². The topological polar surface area (TPSA) is 77.8 Å². The van der Waals surface area contributed by atoms with Crippen LogP contribution in [0.3, 0.4) is 0 Å². The zero-order valence-electron chi connectivity index (χ0n) is 16.8. The molecule has 0 aliphatic rings. The van der Waals surface area contributed by atoms with Gasteiger partial charge in [-0.3, -0.25) is 9.59 Å². The summed E-state index contributed by atoms with van der Waals surface area (Å²) in [6.07, 6.45) is 0. The molecule has 4 aromatic rings. The number of ether oxygens (including phenoxy) is 2. The summed E-state index contributed by atoms with van der Waals surface area (Å²) in [6, 6.07) is 16.8. The molecule has 3 aromatic carbocycles. The van der Waals surface area contributed by atoms with E-state index in [1.54, 1.807) is 30.3 Å². The van der Waals surface area contributed by atoms with Crippen molar-refractivity contribution in [3.8, 4) is 22.8 Å². The summed E-state index contributed by atoms with van der Waals surface area (Å²) in [5, 5.41) is 3.06. The third-order valence-corrected chi connectivity index (χ3v) is 4.77. The number of hydrogen-bond donors (Lipinski definition) is 1. The van der Waals surface area contributed by atoms with Crippen LogP contribution in [0.1, 0.15) is 10.4 Å². The Balaban J connectivity index is 1.68. The molecule has 1 aromatic heterocycles. The van der Waals surface area contributed by atoms with Gasteiger partial charge in [0.05, 0.1) is 19.6 Å². The van der Waals surface area contributed by atoms with Gasteiger partial charge < -0.3 is 19.2 Å². The zero-order chi connectivity index (χ0) is 22.0. The van der Waals surface area contributed by atoms with E-state index in [1.807, 2.05) is 0 Å². The lowest BCUT2D eigenvalue weighted by Crippen LogP contribution is -2.15. The van der Waals surface area contributed by atoms with E-state index < -0.39 is 5.91 Å². The van der Waals surface area contributed by atoms with Crippen LogP contribution in [0.15, 0.2) is 75.9 Å². The van der Waals surface area contributed by atoms with E-state index in [2.05, 4.69) is 5.32 Å². The van der Waals surface area contributed by atoms with Crippen molar-refractivity contribution in [3.63, 3.8) is 0 Å². The predicted molar refractivity (Wildman–Crippen MR) is 115 cm³/mol. The first-order valence-corrected chi connectivity index (χ1v) is 9.36. The fourth-order valence-electron chi connectivity index (χ4n) is 3.26. The number of anilines is 1. The highest BCUT2D eigenvalue weighted by Gasteiger charge is 2.19. The van der Waals surface area contributed by atoms with Crippen LogP contribution in [-0.4, -0.2) is 20.1 Å². The molecule has 1 amide bonds. The Morgan fingerprint density at radius 1 is 0.935 bits per heavy atom. The normalized spacial score (nSPS) is 10.7. The molecule has 0 spiro atoms. The smallest absolute Gasteiger partial charge is 0.263 e. The van der Waals surface area contributed by atoms with Gasteiger partial charge >= 0.3 is 0 Å². The van der Waals surface area contributed by atoms with E-state index in [0.29, 0.717) is 39.5 Å². The molecule has 0 aliphatic carbocycles. The van der Waals surface area contributed by atoms with Gasteiger partial charge in [0, 0.05) is 17.3 Å². The van der Waals surface area contributed by atoms with Crippen LogP contribution in [0.4, 0.5) is 10.1 Å². The van der Waals surface area contributed by atoms with Crippen LogP contribution in [0, 0.1) is 5.82 Å². The lowest BCUT2D eigenvalue weighted by Gasteiger charge is -2.13. The number of carbonyl (C=O) groups excluding carboxylic acids is 1. The monoisotopic (exact) mass is 419 g/mol. The Labute approximate surface area is 176 Å². The van der Waals surface area contributed by atoms with E-state index in [0.717, 1.165) is 0 Å². The fourth-order valence-corrected chi connectivity index (χ4v) is 3.26. The van der Waals surface area contributed by atoms with Crippen molar-refractivity contribution in [2.75, 3.05) is 19.5 Å². The van der Waals surface area contributed by atoms with E-state index in [-0.39, 0.29) is 16.8 Å². The second kappa shape index (κ2) is 8.31. The molecule has 0 fully saturated rings.